The van der Waals surface area contributed by atoms with Crippen molar-refractivity contribution in [2.24, 2.45) is 5.92 Å². The number of anilines is 2. The predicted molar refractivity (Wildman–Crippen MR) is 122 cm³/mol. The molecule has 162 valence electrons. The Morgan fingerprint density at radius 1 is 0.844 bits per heavy atom. The van der Waals surface area contributed by atoms with E-state index in [1.54, 1.807) is 24.3 Å². The predicted octanol–water partition coefficient (Wildman–Crippen LogP) is 5.05. The third kappa shape index (κ3) is 3.32. The van der Waals surface area contributed by atoms with Gasteiger partial charge in [-0.2, -0.15) is 0 Å². The third-order valence-electron chi connectivity index (χ3n) is 5.74. The fourth-order valence-corrected chi connectivity index (χ4v) is 4.52. The van der Waals surface area contributed by atoms with Gasteiger partial charge in [0.05, 0.1) is 34.6 Å². The Bertz CT molecular complexity index is 1190. The molecule has 0 bridgehead atoms. The second-order valence-corrected chi connectivity index (χ2v) is 8.36. The van der Waals surface area contributed by atoms with E-state index in [9.17, 15) is 9.59 Å². The molecule has 3 aromatic rings. The lowest BCUT2D eigenvalue weighted by atomic mass is 9.90. The summed E-state index contributed by atoms with van der Waals surface area (Å²) in [5.41, 5.74) is 1.95. The van der Waals surface area contributed by atoms with Crippen molar-refractivity contribution in [1.82, 2.24) is 0 Å². The number of methoxy groups -OCH3 is 1. The van der Waals surface area contributed by atoms with Crippen molar-refractivity contribution in [2.75, 3.05) is 17.1 Å². The minimum Gasteiger partial charge on any atom is -0.497 e. The first kappa shape index (κ1) is 20.8. The van der Waals surface area contributed by atoms with Crippen molar-refractivity contribution in [3.63, 3.8) is 0 Å². The van der Waals surface area contributed by atoms with Gasteiger partial charge in [-0.25, -0.2) is 9.96 Å². The molecule has 8 heteroatoms. The highest BCUT2D eigenvalue weighted by atomic mass is 35.5. The topological polar surface area (TPSA) is 59.1 Å². The maximum atomic E-state index is 13.6. The normalized spacial score (nSPS) is 22.4. The number of ether oxygens (including phenoxy) is 1. The maximum Gasteiger partial charge on any atom is 0.266 e. The molecule has 0 saturated carbocycles. The molecule has 0 aliphatic carbocycles. The number of carbonyl (C=O) groups is 2. The highest BCUT2D eigenvalue weighted by Gasteiger charge is 2.60. The van der Waals surface area contributed by atoms with Gasteiger partial charge in [0, 0.05) is 0 Å². The molecule has 0 unspecified atom stereocenters. The molecule has 3 atom stereocenters. The molecule has 2 fully saturated rings. The summed E-state index contributed by atoms with van der Waals surface area (Å²) in [5.74, 6) is -0.819. The molecule has 2 aliphatic rings. The number of hydrogen-bond acceptors (Lipinski definition) is 5. The lowest BCUT2D eigenvalue weighted by Crippen LogP contribution is -2.37. The number of rotatable bonds is 4. The Kier molecular flexibility index (Phi) is 5.29. The van der Waals surface area contributed by atoms with E-state index < -0.39 is 24.0 Å². The van der Waals surface area contributed by atoms with Crippen LogP contribution < -0.4 is 14.7 Å². The molecule has 32 heavy (non-hydrogen) atoms. The zero-order valence-corrected chi connectivity index (χ0v) is 18.5. The Morgan fingerprint density at radius 2 is 1.56 bits per heavy atom. The average Bonchev–Trinajstić information content (AvgIpc) is 3.32. The summed E-state index contributed by atoms with van der Waals surface area (Å²) >= 11 is 12.1. The number of para-hydroxylation sites is 1. The molecular weight excluding hydrogens is 451 g/mol. The van der Waals surface area contributed by atoms with Crippen LogP contribution in [0, 0.1) is 5.92 Å². The molecule has 0 spiro atoms. The fraction of sp³-hybridized carbons (Fsp3) is 0.167. The summed E-state index contributed by atoms with van der Waals surface area (Å²) < 4.78 is 5.27. The smallest absolute Gasteiger partial charge is 0.266 e. The van der Waals surface area contributed by atoms with Crippen LogP contribution in [0.15, 0.2) is 72.8 Å². The first-order valence-corrected chi connectivity index (χ1v) is 10.7. The van der Waals surface area contributed by atoms with Crippen molar-refractivity contribution < 1.29 is 19.2 Å². The van der Waals surface area contributed by atoms with E-state index in [2.05, 4.69) is 0 Å². The van der Waals surface area contributed by atoms with Gasteiger partial charge in [-0.15, -0.1) is 0 Å². The molecule has 0 radical (unpaired) electrons. The van der Waals surface area contributed by atoms with E-state index in [-0.39, 0.29) is 10.9 Å². The van der Waals surface area contributed by atoms with Gasteiger partial charge in [-0.3, -0.25) is 14.4 Å². The summed E-state index contributed by atoms with van der Waals surface area (Å²) in [7, 11) is 1.59. The highest BCUT2D eigenvalue weighted by Crippen LogP contribution is 2.48. The Balaban J connectivity index is 1.57. The van der Waals surface area contributed by atoms with Crippen molar-refractivity contribution in [1.29, 1.82) is 0 Å². The summed E-state index contributed by atoms with van der Waals surface area (Å²) in [6.45, 7) is 0. The maximum absolute atomic E-state index is 13.6. The van der Waals surface area contributed by atoms with Gasteiger partial charge < -0.3 is 4.74 Å². The molecule has 2 aliphatic heterocycles. The monoisotopic (exact) mass is 468 g/mol. The number of hydrogen-bond donors (Lipinski definition) is 0. The van der Waals surface area contributed by atoms with Crippen LogP contribution in [0.1, 0.15) is 11.6 Å². The van der Waals surface area contributed by atoms with Crippen molar-refractivity contribution in [3.05, 3.63) is 88.4 Å². The number of benzene rings is 3. The van der Waals surface area contributed by atoms with Crippen LogP contribution in [-0.4, -0.2) is 25.0 Å². The van der Waals surface area contributed by atoms with Crippen LogP contribution >= 0.6 is 23.2 Å². The second kappa shape index (κ2) is 8.13. The number of halogens is 2. The Morgan fingerprint density at radius 3 is 2.22 bits per heavy atom. The van der Waals surface area contributed by atoms with E-state index in [4.69, 9.17) is 32.8 Å². The molecule has 2 amide bonds. The summed E-state index contributed by atoms with van der Waals surface area (Å²) in [5, 5.41) is 2.26. The number of amides is 2. The minimum absolute atomic E-state index is 0.264. The van der Waals surface area contributed by atoms with Crippen molar-refractivity contribution in [2.45, 2.75) is 12.1 Å². The lowest BCUT2D eigenvalue weighted by Gasteiger charge is -2.28. The van der Waals surface area contributed by atoms with Crippen LogP contribution in [0.25, 0.3) is 0 Å². The molecule has 6 nitrogen and oxygen atoms in total. The van der Waals surface area contributed by atoms with E-state index in [0.717, 1.165) is 16.2 Å². The van der Waals surface area contributed by atoms with Gasteiger partial charge in [0.1, 0.15) is 11.7 Å². The quantitative estimate of drug-likeness (QED) is 0.501. The van der Waals surface area contributed by atoms with E-state index >= 15 is 0 Å². The average molecular weight is 469 g/mol. The first-order valence-electron chi connectivity index (χ1n) is 9.97. The Hall–Kier alpha value is -3.06. The van der Waals surface area contributed by atoms with Gasteiger partial charge in [-0.05, 0) is 48.0 Å². The van der Waals surface area contributed by atoms with Gasteiger partial charge in [-0.1, -0.05) is 53.5 Å². The highest BCUT2D eigenvalue weighted by molar-refractivity contribution is 6.42. The van der Waals surface area contributed by atoms with Crippen LogP contribution in [0.5, 0.6) is 5.75 Å². The van der Waals surface area contributed by atoms with Crippen molar-refractivity contribution >= 4 is 46.4 Å². The molecule has 2 saturated heterocycles. The van der Waals surface area contributed by atoms with Crippen LogP contribution in [-0.2, 0) is 14.4 Å². The molecule has 0 N–H and O–H groups in total. The molecule has 0 aromatic heterocycles. The van der Waals surface area contributed by atoms with Gasteiger partial charge in [0.15, 0.2) is 6.10 Å². The van der Waals surface area contributed by atoms with Gasteiger partial charge in [0.2, 0.25) is 5.91 Å². The number of hydroxylamine groups is 1. The van der Waals surface area contributed by atoms with E-state index in [0.29, 0.717) is 16.5 Å². The van der Waals surface area contributed by atoms with E-state index in [1.807, 2.05) is 54.6 Å². The fourth-order valence-electron chi connectivity index (χ4n) is 4.23. The molecule has 2 heterocycles. The van der Waals surface area contributed by atoms with Crippen LogP contribution in [0.4, 0.5) is 11.4 Å². The van der Waals surface area contributed by atoms with Gasteiger partial charge >= 0.3 is 0 Å². The summed E-state index contributed by atoms with van der Waals surface area (Å²) in [4.78, 5) is 34.1. The zero-order chi connectivity index (χ0) is 22.4. The number of carbonyl (C=O) groups excluding carboxylic acids is 2. The largest absolute Gasteiger partial charge is 0.497 e. The number of imide groups is 1. The molecule has 3 aromatic carbocycles. The number of nitrogens with zero attached hydrogens (tertiary/aromatic N) is 2. The van der Waals surface area contributed by atoms with Crippen molar-refractivity contribution in [3.8, 4) is 5.75 Å². The molecular formula is C24H18Cl2N2O4. The summed E-state index contributed by atoms with van der Waals surface area (Å²) in [6, 6.07) is 21.0. The molecule has 5 rings (SSSR count). The lowest BCUT2D eigenvalue weighted by molar-refractivity contribution is -0.126. The standard InChI is InChI=1S/C24H18Cl2N2O4/c1-31-17-10-7-14(8-11-17)21-20-22(32-28(21)15-5-3-2-4-6-15)24(30)27(23(20)29)16-9-12-18(25)19(26)13-16/h2-13,20-22H,1H3/t20-,21-,22+/m1/s1. The number of fused-ring (bicyclic) bond motifs is 1. The Labute approximate surface area is 194 Å². The SMILES string of the molecule is COc1ccc([C@@H]2[C@H]3C(=O)N(c4ccc(Cl)c(Cl)c4)C(=O)[C@H]3ON2c2ccccc2)cc1. The first-order chi connectivity index (χ1) is 15.5. The second-order valence-electron chi connectivity index (χ2n) is 7.54. The summed E-state index contributed by atoms with van der Waals surface area (Å²) in [6.07, 6.45) is -0.954. The third-order valence-corrected chi connectivity index (χ3v) is 6.48. The van der Waals surface area contributed by atoms with E-state index in [1.165, 1.54) is 6.07 Å². The zero-order valence-electron chi connectivity index (χ0n) is 16.9. The van der Waals surface area contributed by atoms with Gasteiger partial charge in [0.25, 0.3) is 5.91 Å². The van der Waals surface area contributed by atoms with Crippen LogP contribution in [0.2, 0.25) is 10.0 Å². The minimum atomic E-state index is -0.954. The van der Waals surface area contributed by atoms with Crippen LogP contribution in [0.3, 0.4) is 0 Å².